The lowest BCUT2D eigenvalue weighted by Gasteiger charge is -2.31. The average molecular weight is 356 g/mol. The molecule has 0 amide bonds. The highest BCUT2D eigenvalue weighted by atomic mass is 16.3. The van der Waals surface area contributed by atoms with Gasteiger partial charge < -0.3 is 9.32 Å². The van der Waals surface area contributed by atoms with E-state index >= 15 is 0 Å². The van der Waals surface area contributed by atoms with Crippen LogP contribution in [0.3, 0.4) is 0 Å². The van der Waals surface area contributed by atoms with Crippen LogP contribution in [0, 0.1) is 0 Å². The molecule has 0 atom stereocenters. The molecular weight excluding hydrogens is 332 g/mol. The number of rotatable bonds is 4. The zero-order valence-electron chi connectivity index (χ0n) is 15.5. The molecule has 4 aromatic rings. The Morgan fingerprint density at radius 3 is 2.70 bits per heavy atom. The summed E-state index contributed by atoms with van der Waals surface area (Å²) >= 11 is 0. The van der Waals surface area contributed by atoms with Crippen LogP contribution in [0.4, 0.5) is 0 Å². The zero-order valence-corrected chi connectivity index (χ0v) is 15.5. The number of furan rings is 1. The number of aromatic nitrogens is 1. The van der Waals surface area contributed by atoms with Crippen LogP contribution in [0.25, 0.3) is 21.7 Å². The van der Waals surface area contributed by atoms with E-state index < -0.39 is 0 Å². The van der Waals surface area contributed by atoms with E-state index in [4.69, 9.17) is 4.42 Å². The summed E-state index contributed by atoms with van der Waals surface area (Å²) in [4.78, 5) is 7.27. The van der Waals surface area contributed by atoms with Crippen molar-refractivity contribution in [2.75, 3.05) is 19.6 Å². The lowest BCUT2D eigenvalue weighted by atomic mass is 9.91. The first kappa shape index (κ1) is 16.5. The Kier molecular flexibility index (Phi) is 4.38. The van der Waals surface area contributed by atoms with Crippen LogP contribution in [0.2, 0.25) is 0 Å². The van der Waals surface area contributed by atoms with E-state index in [0.29, 0.717) is 5.92 Å². The molecule has 3 heterocycles. The maximum absolute atomic E-state index is 5.54. The standard InChI is InChI=1S/C24H24N2O/c1-2-4-21-17-18(5-6-19(21)3-1)8-13-26-14-9-20(10-15-26)24-22-11-16-27-23(22)7-12-25-24/h1-7,11-12,16-17,20H,8-10,13-15H2. The molecule has 0 radical (unpaired) electrons. The molecule has 1 saturated heterocycles. The zero-order chi connectivity index (χ0) is 18.1. The fourth-order valence-electron chi connectivity index (χ4n) is 4.35. The number of nitrogens with zero attached hydrogens (tertiary/aromatic N) is 2. The molecule has 1 aliphatic rings. The van der Waals surface area contributed by atoms with Crippen molar-refractivity contribution in [1.82, 2.24) is 9.88 Å². The molecule has 2 aromatic carbocycles. The van der Waals surface area contributed by atoms with Crippen molar-refractivity contribution < 1.29 is 4.42 Å². The summed E-state index contributed by atoms with van der Waals surface area (Å²) in [6, 6.07) is 19.5. The molecule has 0 saturated carbocycles. The summed E-state index contributed by atoms with van der Waals surface area (Å²) in [6.07, 6.45) is 7.12. The maximum atomic E-state index is 5.54. The van der Waals surface area contributed by atoms with Crippen molar-refractivity contribution in [3.8, 4) is 0 Å². The third-order valence-electron chi connectivity index (χ3n) is 5.92. The van der Waals surface area contributed by atoms with Crippen LogP contribution in [0.15, 0.2) is 71.5 Å². The highest BCUT2D eigenvalue weighted by molar-refractivity contribution is 5.83. The highest BCUT2D eigenvalue weighted by Gasteiger charge is 2.23. The molecule has 3 heteroatoms. The van der Waals surface area contributed by atoms with Crippen molar-refractivity contribution >= 4 is 21.7 Å². The first-order valence-corrected chi connectivity index (χ1v) is 9.89. The van der Waals surface area contributed by atoms with Gasteiger partial charge in [-0.05, 0) is 60.8 Å². The Balaban J connectivity index is 1.21. The summed E-state index contributed by atoms with van der Waals surface area (Å²) in [7, 11) is 0. The quantitative estimate of drug-likeness (QED) is 0.490. The Morgan fingerprint density at radius 1 is 0.963 bits per heavy atom. The minimum atomic E-state index is 0.545. The number of pyridine rings is 1. The van der Waals surface area contributed by atoms with Crippen molar-refractivity contribution in [1.29, 1.82) is 0 Å². The van der Waals surface area contributed by atoms with Crippen LogP contribution < -0.4 is 0 Å². The summed E-state index contributed by atoms with van der Waals surface area (Å²) < 4.78 is 5.54. The number of likely N-dealkylation sites (tertiary alicyclic amines) is 1. The number of fused-ring (bicyclic) bond motifs is 2. The van der Waals surface area contributed by atoms with Crippen LogP contribution >= 0.6 is 0 Å². The predicted octanol–water partition coefficient (Wildman–Crippen LogP) is 5.40. The molecule has 0 bridgehead atoms. The van der Waals surface area contributed by atoms with Crippen molar-refractivity contribution in [2.24, 2.45) is 0 Å². The van der Waals surface area contributed by atoms with Gasteiger partial charge in [-0.25, -0.2) is 0 Å². The maximum Gasteiger partial charge on any atom is 0.137 e. The summed E-state index contributed by atoms with van der Waals surface area (Å²) in [5.74, 6) is 0.545. The third kappa shape index (κ3) is 3.35. The molecule has 3 nitrogen and oxygen atoms in total. The molecule has 5 rings (SSSR count). The van der Waals surface area contributed by atoms with Gasteiger partial charge in [0.15, 0.2) is 0 Å². The van der Waals surface area contributed by atoms with Gasteiger partial charge in [0.25, 0.3) is 0 Å². The Bertz CT molecular complexity index is 1060. The first-order valence-electron chi connectivity index (χ1n) is 9.89. The smallest absolute Gasteiger partial charge is 0.137 e. The van der Waals surface area contributed by atoms with Crippen molar-refractivity contribution in [3.05, 3.63) is 78.3 Å². The van der Waals surface area contributed by atoms with Gasteiger partial charge in [-0.2, -0.15) is 0 Å². The molecular formula is C24H24N2O. The second kappa shape index (κ2) is 7.16. The lowest BCUT2D eigenvalue weighted by Crippen LogP contribution is -2.34. The van der Waals surface area contributed by atoms with Gasteiger partial charge in [0.05, 0.1) is 12.0 Å². The number of hydrogen-bond acceptors (Lipinski definition) is 3. The number of hydrogen-bond donors (Lipinski definition) is 0. The largest absolute Gasteiger partial charge is 0.464 e. The molecule has 0 unspecified atom stereocenters. The first-order chi connectivity index (χ1) is 13.4. The molecule has 27 heavy (non-hydrogen) atoms. The Hall–Kier alpha value is -2.65. The minimum Gasteiger partial charge on any atom is -0.464 e. The lowest BCUT2D eigenvalue weighted by molar-refractivity contribution is 0.213. The van der Waals surface area contributed by atoms with Gasteiger partial charge in [-0.15, -0.1) is 0 Å². The number of benzene rings is 2. The summed E-state index contributed by atoms with van der Waals surface area (Å²) in [5, 5.41) is 3.85. The average Bonchev–Trinajstić information content (AvgIpc) is 3.21. The second-order valence-electron chi connectivity index (χ2n) is 7.58. The Morgan fingerprint density at radius 2 is 1.81 bits per heavy atom. The molecule has 1 aliphatic heterocycles. The van der Waals surface area contributed by atoms with Crippen molar-refractivity contribution in [2.45, 2.75) is 25.2 Å². The van der Waals surface area contributed by atoms with Crippen LogP contribution in [-0.4, -0.2) is 29.5 Å². The number of piperidine rings is 1. The van der Waals surface area contributed by atoms with E-state index in [-0.39, 0.29) is 0 Å². The predicted molar refractivity (Wildman–Crippen MR) is 110 cm³/mol. The van der Waals surface area contributed by atoms with E-state index in [1.807, 2.05) is 12.3 Å². The van der Waals surface area contributed by atoms with E-state index in [0.717, 1.165) is 31.6 Å². The van der Waals surface area contributed by atoms with Crippen LogP contribution in [0.1, 0.15) is 30.0 Å². The SMILES string of the molecule is c1ccc2cc(CCN3CCC(c4nccc5occc45)CC3)ccc2c1. The minimum absolute atomic E-state index is 0.545. The molecule has 0 aliphatic carbocycles. The Labute approximate surface area is 159 Å². The van der Waals surface area contributed by atoms with Crippen LogP contribution in [-0.2, 0) is 6.42 Å². The molecule has 2 aromatic heterocycles. The highest BCUT2D eigenvalue weighted by Crippen LogP contribution is 2.32. The fraction of sp³-hybridized carbons (Fsp3) is 0.292. The second-order valence-corrected chi connectivity index (χ2v) is 7.58. The summed E-state index contributed by atoms with van der Waals surface area (Å²) in [6.45, 7) is 3.43. The third-order valence-corrected chi connectivity index (χ3v) is 5.92. The van der Waals surface area contributed by atoms with Crippen LogP contribution in [0.5, 0.6) is 0 Å². The van der Waals surface area contributed by atoms with Gasteiger partial charge in [0.1, 0.15) is 5.58 Å². The van der Waals surface area contributed by atoms with Gasteiger partial charge >= 0.3 is 0 Å². The van der Waals surface area contributed by atoms with E-state index in [9.17, 15) is 0 Å². The summed E-state index contributed by atoms with van der Waals surface area (Å²) in [5.41, 5.74) is 3.61. The topological polar surface area (TPSA) is 29.3 Å². The normalized spacial score (nSPS) is 16.3. The van der Waals surface area contributed by atoms with Crippen molar-refractivity contribution in [3.63, 3.8) is 0 Å². The van der Waals surface area contributed by atoms with E-state index in [1.165, 1.54) is 40.3 Å². The molecule has 0 spiro atoms. The fourth-order valence-corrected chi connectivity index (χ4v) is 4.35. The van der Waals surface area contributed by atoms with Gasteiger partial charge in [0.2, 0.25) is 0 Å². The van der Waals surface area contributed by atoms with Gasteiger partial charge in [-0.3, -0.25) is 4.98 Å². The molecule has 0 N–H and O–H groups in total. The van der Waals surface area contributed by atoms with Gasteiger partial charge in [-0.1, -0.05) is 42.5 Å². The monoisotopic (exact) mass is 356 g/mol. The molecule has 136 valence electrons. The molecule has 1 fully saturated rings. The van der Waals surface area contributed by atoms with E-state index in [2.05, 4.69) is 58.4 Å². The van der Waals surface area contributed by atoms with Gasteiger partial charge in [0, 0.05) is 24.0 Å². The van der Waals surface area contributed by atoms with E-state index in [1.54, 1.807) is 6.26 Å².